The summed E-state index contributed by atoms with van der Waals surface area (Å²) in [6.07, 6.45) is 4.91. The number of aromatic nitrogens is 2. The van der Waals surface area contributed by atoms with Crippen LogP contribution in [0.5, 0.6) is 0 Å². The lowest BCUT2D eigenvalue weighted by Gasteiger charge is -1.87. The van der Waals surface area contributed by atoms with Gasteiger partial charge in [-0.1, -0.05) is 0 Å². The van der Waals surface area contributed by atoms with Crippen LogP contribution in [0.4, 0.5) is 0 Å². The number of nitrogens with two attached hydrogens (primary N) is 1. The topological polar surface area (TPSA) is 68.9 Å². The number of hydrogen-bond acceptors (Lipinski definition) is 3. The lowest BCUT2D eigenvalue weighted by molar-refractivity contribution is 0.0999. The maximum Gasteiger partial charge on any atom is 0.251 e. The molecule has 1 heterocycles. The Balaban J connectivity index is 2.98. The number of rotatable bonds is 1. The molecule has 0 aliphatic carbocycles. The molecular formula is C5H4N3O. The van der Waals surface area contributed by atoms with Crippen molar-refractivity contribution >= 4 is 5.91 Å². The fourth-order valence-corrected chi connectivity index (χ4v) is 0.391. The molecule has 0 unspecified atom stereocenters. The summed E-state index contributed by atoms with van der Waals surface area (Å²) < 4.78 is 0. The van der Waals surface area contributed by atoms with Crippen molar-refractivity contribution < 1.29 is 4.79 Å². The average Bonchev–Trinajstić information content (AvgIpc) is 1.90. The molecule has 0 saturated carbocycles. The van der Waals surface area contributed by atoms with Gasteiger partial charge in [-0.05, 0) is 0 Å². The summed E-state index contributed by atoms with van der Waals surface area (Å²) in [5.74, 6) is -0.524. The minimum Gasteiger partial charge on any atom is -0.366 e. The summed E-state index contributed by atoms with van der Waals surface area (Å²) in [6.45, 7) is 0. The Morgan fingerprint density at radius 1 is 1.56 bits per heavy atom. The Morgan fingerprint density at radius 3 is 2.44 bits per heavy atom. The summed E-state index contributed by atoms with van der Waals surface area (Å²) in [7, 11) is 0. The van der Waals surface area contributed by atoms with Gasteiger partial charge in [0, 0.05) is 12.4 Å². The third-order valence-corrected chi connectivity index (χ3v) is 0.807. The molecule has 1 rings (SSSR count). The summed E-state index contributed by atoms with van der Waals surface area (Å²) in [4.78, 5) is 17.3. The van der Waals surface area contributed by atoms with Crippen molar-refractivity contribution in [2.24, 2.45) is 5.73 Å². The molecule has 0 aliphatic heterocycles. The van der Waals surface area contributed by atoms with Gasteiger partial charge in [-0.3, -0.25) is 4.79 Å². The molecule has 1 aromatic heterocycles. The van der Waals surface area contributed by atoms with Crippen LogP contribution in [-0.2, 0) is 0 Å². The molecule has 9 heavy (non-hydrogen) atoms. The van der Waals surface area contributed by atoms with E-state index in [1.807, 2.05) is 0 Å². The molecule has 0 bridgehead atoms. The zero-order valence-electron chi connectivity index (χ0n) is 4.53. The van der Waals surface area contributed by atoms with E-state index >= 15 is 0 Å². The third kappa shape index (κ3) is 1.22. The Labute approximate surface area is 51.7 Å². The first-order valence-corrected chi connectivity index (χ1v) is 2.28. The highest BCUT2D eigenvalue weighted by Crippen LogP contribution is 1.87. The van der Waals surface area contributed by atoms with E-state index < -0.39 is 5.91 Å². The van der Waals surface area contributed by atoms with Crippen molar-refractivity contribution in [1.29, 1.82) is 0 Å². The van der Waals surface area contributed by atoms with Gasteiger partial charge in [0.2, 0.25) is 0 Å². The van der Waals surface area contributed by atoms with Crippen LogP contribution >= 0.6 is 0 Å². The molecular weight excluding hydrogens is 118 g/mol. The second-order valence-electron chi connectivity index (χ2n) is 1.44. The van der Waals surface area contributed by atoms with Gasteiger partial charge >= 0.3 is 0 Å². The molecule has 1 radical (unpaired) electrons. The van der Waals surface area contributed by atoms with Crippen LogP contribution in [0.25, 0.3) is 0 Å². The molecule has 4 nitrogen and oxygen atoms in total. The van der Waals surface area contributed by atoms with Crippen molar-refractivity contribution in [3.8, 4) is 0 Å². The molecule has 4 heteroatoms. The molecule has 1 aromatic rings. The van der Waals surface area contributed by atoms with Gasteiger partial charge in [0.25, 0.3) is 5.91 Å². The Bertz CT molecular complexity index is 209. The van der Waals surface area contributed by atoms with Crippen LogP contribution in [0.15, 0.2) is 12.4 Å². The molecule has 0 saturated heterocycles. The number of nitrogens with zero attached hydrogens (tertiary/aromatic N) is 2. The van der Waals surface area contributed by atoms with Crippen LogP contribution in [0.2, 0.25) is 0 Å². The van der Waals surface area contributed by atoms with Gasteiger partial charge in [-0.15, -0.1) is 0 Å². The van der Waals surface area contributed by atoms with E-state index in [9.17, 15) is 4.79 Å². The van der Waals surface area contributed by atoms with E-state index in [1.54, 1.807) is 0 Å². The van der Waals surface area contributed by atoms with E-state index in [2.05, 4.69) is 16.3 Å². The predicted octanol–water partition coefficient (Wildman–Crippen LogP) is -0.624. The number of primary amides is 1. The smallest absolute Gasteiger partial charge is 0.251 e. The zero-order chi connectivity index (χ0) is 6.69. The lowest BCUT2D eigenvalue weighted by atomic mass is 10.3. The average molecular weight is 122 g/mol. The fourth-order valence-electron chi connectivity index (χ4n) is 0.391. The monoisotopic (exact) mass is 122 g/mol. The van der Waals surface area contributed by atoms with E-state index in [4.69, 9.17) is 5.73 Å². The lowest BCUT2D eigenvalue weighted by Crippen LogP contribution is -2.11. The second-order valence-corrected chi connectivity index (χ2v) is 1.44. The van der Waals surface area contributed by atoms with Gasteiger partial charge < -0.3 is 5.73 Å². The van der Waals surface area contributed by atoms with Crippen LogP contribution in [0.1, 0.15) is 10.4 Å². The molecule has 0 spiro atoms. The molecule has 0 aromatic carbocycles. The Kier molecular flexibility index (Phi) is 1.40. The van der Waals surface area contributed by atoms with Gasteiger partial charge in [0.1, 0.15) is 0 Å². The summed E-state index contributed by atoms with van der Waals surface area (Å²) in [6, 6.07) is 0. The van der Waals surface area contributed by atoms with E-state index in [-0.39, 0.29) is 0 Å². The quantitative estimate of drug-likeness (QED) is 0.539. The maximum atomic E-state index is 10.3. The first kappa shape index (κ1) is 5.68. The third-order valence-electron chi connectivity index (χ3n) is 0.807. The normalized spacial score (nSPS) is 8.89. The van der Waals surface area contributed by atoms with E-state index in [0.29, 0.717) is 5.56 Å². The zero-order valence-corrected chi connectivity index (χ0v) is 4.53. The van der Waals surface area contributed by atoms with Gasteiger partial charge in [0.05, 0.1) is 5.56 Å². The minimum atomic E-state index is -0.524. The maximum absolute atomic E-state index is 10.3. The van der Waals surface area contributed by atoms with Gasteiger partial charge in [0.15, 0.2) is 6.33 Å². The molecule has 1 amide bonds. The highest BCUT2D eigenvalue weighted by Gasteiger charge is 1.96. The Morgan fingerprint density at radius 2 is 2.11 bits per heavy atom. The van der Waals surface area contributed by atoms with Crippen molar-refractivity contribution in [3.63, 3.8) is 0 Å². The number of amides is 1. The van der Waals surface area contributed by atoms with E-state index in [1.165, 1.54) is 12.4 Å². The van der Waals surface area contributed by atoms with E-state index in [0.717, 1.165) is 0 Å². The minimum absolute atomic E-state index is 0.300. The number of hydrogen-bond donors (Lipinski definition) is 1. The van der Waals surface area contributed by atoms with Crippen molar-refractivity contribution in [1.82, 2.24) is 9.97 Å². The molecule has 45 valence electrons. The largest absolute Gasteiger partial charge is 0.366 e. The second kappa shape index (κ2) is 2.21. The predicted molar refractivity (Wildman–Crippen MR) is 29.4 cm³/mol. The highest BCUT2D eigenvalue weighted by atomic mass is 16.1. The summed E-state index contributed by atoms with van der Waals surface area (Å²) in [5, 5.41) is 0. The van der Waals surface area contributed by atoms with Crippen molar-refractivity contribution in [3.05, 3.63) is 24.3 Å². The van der Waals surface area contributed by atoms with Crippen LogP contribution in [-0.4, -0.2) is 15.9 Å². The number of carbonyl (C=O) groups excluding carboxylic acids is 1. The number of carbonyl (C=O) groups is 1. The van der Waals surface area contributed by atoms with Crippen LogP contribution in [0.3, 0.4) is 0 Å². The summed E-state index contributed by atoms with van der Waals surface area (Å²) >= 11 is 0. The SMILES string of the molecule is NC(=O)c1cn[c]nc1. The van der Waals surface area contributed by atoms with Crippen LogP contribution < -0.4 is 5.73 Å². The molecule has 0 fully saturated rings. The molecule has 0 aliphatic rings. The summed E-state index contributed by atoms with van der Waals surface area (Å²) in [5.41, 5.74) is 5.18. The molecule has 2 N–H and O–H groups in total. The first-order valence-electron chi connectivity index (χ1n) is 2.28. The van der Waals surface area contributed by atoms with Crippen LogP contribution in [0, 0.1) is 6.33 Å². The van der Waals surface area contributed by atoms with Gasteiger partial charge in [-0.25, -0.2) is 9.97 Å². The highest BCUT2D eigenvalue weighted by molar-refractivity contribution is 5.91. The van der Waals surface area contributed by atoms with Gasteiger partial charge in [-0.2, -0.15) is 0 Å². The van der Waals surface area contributed by atoms with Crippen molar-refractivity contribution in [2.45, 2.75) is 0 Å². The molecule has 0 atom stereocenters. The first-order chi connectivity index (χ1) is 4.30. The standard InChI is InChI=1S/C5H4N3O/c6-5(9)4-1-7-3-8-2-4/h1-2H,(H2,6,9). The van der Waals surface area contributed by atoms with Crippen molar-refractivity contribution in [2.75, 3.05) is 0 Å². The Hall–Kier alpha value is -1.45. The fraction of sp³-hybridized carbons (Fsp3) is 0.